The summed E-state index contributed by atoms with van der Waals surface area (Å²) in [6.07, 6.45) is 2.53. The first-order chi connectivity index (χ1) is 9.31. The van der Waals surface area contributed by atoms with Gasteiger partial charge in [0.05, 0.1) is 38.1 Å². The maximum Gasteiger partial charge on any atom is 0.222 e. The lowest BCUT2D eigenvalue weighted by molar-refractivity contribution is 0.0443. The molecule has 3 rings (SSSR count). The van der Waals surface area contributed by atoms with E-state index in [4.69, 9.17) is 9.15 Å². The molecule has 1 aliphatic rings. The lowest BCUT2D eigenvalue weighted by Gasteiger charge is -2.24. The lowest BCUT2D eigenvalue weighted by atomic mass is 10.3. The summed E-state index contributed by atoms with van der Waals surface area (Å²) in [6.45, 7) is 6.34. The van der Waals surface area contributed by atoms with Crippen molar-refractivity contribution in [2.24, 2.45) is 0 Å². The summed E-state index contributed by atoms with van der Waals surface area (Å²) in [5, 5.41) is 4.29. The van der Waals surface area contributed by atoms with Crippen molar-refractivity contribution in [1.82, 2.24) is 14.5 Å². The molecule has 0 aromatic carbocycles. The minimum absolute atomic E-state index is 0.632. The molecule has 3 heterocycles. The normalized spacial score (nSPS) is 16.5. The molecule has 2 aromatic rings. The fraction of sp³-hybridized carbons (Fsp3) is 0.500. The summed E-state index contributed by atoms with van der Waals surface area (Å²) < 4.78 is 12.7. The first-order valence-corrected chi connectivity index (χ1v) is 6.52. The first kappa shape index (κ1) is 12.3. The van der Waals surface area contributed by atoms with Crippen LogP contribution >= 0.6 is 0 Å². The minimum Gasteiger partial charge on any atom is -0.441 e. The molecular weight excluding hydrogens is 242 g/mol. The van der Waals surface area contributed by atoms with Crippen molar-refractivity contribution in [3.05, 3.63) is 23.7 Å². The molecule has 0 atom stereocenters. The van der Waals surface area contributed by atoms with Gasteiger partial charge in [-0.05, 0) is 6.92 Å². The maximum atomic E-state index is 5.65. The van der Waals surface area contributed by atoms with Crippen molar-refractivity contribution in [3.63, 3.8) is 0 Å². The van der Waals surface area contributed by atoms with Crippen LogP contribution in [0.25, 0.3) is 5.71 Å². The Bertz CT molecular complexity index is 580. The van der Waals surface area contributed by atoms with E-state index >= 15 is 0 Å². The summed E-state index contributed by atoms with van der Waals surface area (Å²) >= 11 is 0. The monoisotopic (exact) mass is 259 g/mol. The smallest absolute Gasteiger partial charge is 0.222 e. The van der Waals surface area contributed by atoms with Crippen LogP contribution in [0.5, 0.6) is 0 Å². The number of nitrogens with zero attached hydrogens (tertiary/aromatic N) is 3. The largest absolute Gasteiger partial charge is 0.441 e. The van der Waals surface area contributed by atoms with E-state index in [9.17, 15) is 0 Å². The Balaban J connectivity index is 1.55. The number of aryl methyl sites for hydroxylation is 1. The minimum atomic E-state index is 0.632. The molecular formula is C14H17N3O2. The Labute approximate surface area is 112 Å². The van der Waals surface area contributed by atoms with E-state index in [1.54, 1.807) is 4.52 Å². The number of rotatable bonds is 2. The predicted octanol–water partition coefficient (Wildman–Crippen LogP) is 1.11. The van der Waals surface area contributed by atoms with Gasteiger partial charge in [-0.25, -0.2) is 4.52 Å². The topological polar surface area (TPSA) is 42.9 Å². The van der Waals surface area contributed by atoms with Gasteiger partial charge in [0, 0.05) is 19.2 Å². The molecule has 100 valence electrons. The number of ether oxygens (including phenoxy) is 1. The Morgan fingerprint density at radius 1 is 1.32 bits per heavy atom. The molecule has 1 saturated heterocycles. The summed E-state index contributed by atoms with van der Waals surface area (Å²) in [7, 11) is 0. The Hall–Kier alpha value is -1.77. The van der Waals surface area contributed by atoms with E-state index in [0.29, 0.717) is 6.42 Å². The average molecular weight is 259 g/mol. The molecule has 0 N–H and O–H groups in total. The van der Waals surface area contributed by atoms with Gasteiger partial charge in [0.25, 0.3) is 0 Å². The molecule has 1 fully saturated rings. The zero-order valence-electron chi connectivity index (χ0n) is 11.1. The molecule has 2 aromatic heterocycles. The highest BCUT2D eigenvalue weighted by molar-refractivity contribution is 5.36. The third-order valence-electron chi connectivity index (χ3n) is 3.12. The molecule has 5 nitrogen and oxygen atoms in total. The van der Waals surface area contributed by atoms with Gasteiger partial charge in [0.15, 0.2) is 0 Å². The van der Waals surface area contributed by atoms with E-state index in [1.165, 1.54) is 0 Å². The van der Waals surface area contributed by atoms with E-state index in [1.807, 2.05) is 19.2 Å². The second-order valence-electron chi connectivity index (χ2n) is 4.68. The highest BCUT2D eigenvalue weighted by Gasteiger charge is 2.08. The van der Waals surface area contributed by atoms with Crippen LogP contribution < -0.4 is 0 Å². The van der Waals surface area contributed by atoms with Gasteiger partial charge in [-0.2, -0.15) is 5.10 Å². The van der Waals surface area contributed by atoms with Crippen LogP contribution in [0.15, 0.2) is 16.7 Å². The standard InChI is InChI=1S/C14H17N3O2/c1-12-10-14-17(15-12)11-13(19-14)4-2-3-5-16-6-8-18-9-7-16/h10-11H,4-9H2,1H3. The quantitative estimate of drug-likeness (QED) is 0.758. The van der Waals surface area contributed by atoms with Gasteiger partial charge in [-0.15, -0.1) is 0 Å². The maximum absolute atomic E-state index is 5.65. The van der Waals surface area contributed by atoms with Gasteiger partial charge in [-0.1, -0.05) is 11.8 Å². The van der Waals surface area contributed by atoms with E-state index in [2.05, 4.69) is 21.8 Å². The van der Waals surface area contributed by atoms with Crippen molar-refractivity contribution >= 4 is 5.71 Å². The number of fused-ring (bicyclic) bond motifs is 1. The Kier molecular flexibility index (Phi) is 3.53. The molecule has 0 amide bonds. The SMILES string of the molecule is Cc1cc2oc(CC#CCN3CCOCC3)cn2n1. The van der Waals surface area contributed by atoms with Crippen molar-refractivity contribution < 1.29 is 9.15 Å². The first-order valence-electron chi connectivity index (χ1n) is 6.52. The van der Waals surface area contributed by atoms with Crippen LogP contribution in [0.4, 0.5) is 0 Å². The Morgan fingerprint density at radius 3 is 2.95 bits per heavy atom. The summed E-state index contributed by atoms with van der Waals surface area (Å²) in [5.74, 6) is 7.19. The van der Waals surface area contributed by atoms with Gasteiger partial charge in [0.1, 0.15) is 5.76 Å². The van der Waals surface area contributed by atoms with Crippen molar-refractivity contribution in [2.75, 3.05) is 32.8 Å². The molecule has 0 aliphatic carbocycles. The van der Waals surface area contributed by atoms with Crippen molar-refractivity contribution in [3.8, 4) is 11.8 Å². The van der Waals surface area contributed by atoms with Crippen molar-refractivity contribution in [2.45, 2.75) is 13.3 Å². The highest BCUT2D eigenvalue weighted by atomic mass is 16.5. The molecule has 0 radical (unpaired) electrons. The zero-order chi connectivity index (χ0) is 13.1. The third-order valence-corrected chi connectivity index (χ3v) is 3.12. The van der Waals surface area contributed by atoms with Crippen LogP contribution in [0.3, 0.4) is 0 Å². The summed E-state index contributed by atoms with van der Waals surface area (Å²) in [6, 6.07) is 1.92. The number of hydrogen-bond acceptors (Lipinski definition) is 4. The van der Waals surface area contributed by atoms with E-state index in [0.717, 1.165) is 50.0 Å². The summed E-state index contributed by atoms with van der Waals surface area (Å²) in [5.41, 5.74) is 1.74. The third kappa shape index (κ3) is 2.98. The van der Waals surface area contributed by atoms with Crippen LogP contribution in [0, 0.1) is 18.8 Å². The number of aromatic nitrogens is 2. The number of morpholine rings is 1. The molecule has 0 bridgehead atoms. The second-order valence-corrected chi connectivity index (χ2v) is 4.68. The molecule has 0 unspecified atom stereocenters. The van der Waals surface area contributed by atoms with Gasteiger partial charge >= 0.3 is 0 Å². The second kappa shape index (κ2) is 5.47. The number of hydrogen-bond donors (Lipinski definition) is 0. The molecule has 5 heteroatoms. The van der Waals surface area contributed by atoms with E-state index in [-0.39, 0.29) is 0 Å². The van der Waals surface area contributed by atoms with Crippen LogP contribution in [-0.4, -0.2) is 47.4 Å². The fourth-order valence-corrected chi connectivity index (χ4v) is 2.12. The van der Waals surface area contributed by atoms with Gasteiger partial charge in [0.2, 0.25) is 5.71 Å². The highest BCUT2D eigenvalue weighted by Crippen LogP contribution is 2.11. The summed E-state index contributed by atoms with van der Waals surface area (Å²) in [4.78, 5) is 2.30. The molecule has 0 saturated carbocycles. The van der Waals surface area contributed by atoms with Gasteiger partial charge < -0.3 is 9.15 Å². The Morgan fingerprint density at radius 2 is 2.16 bits per heavy atom. The average Bonchev–Trinajstić information content (AvgIpc) is 2.93. The van der Waals surface area contributed by atoms with Crippen LogP contribution in [0.1, 0.15) is 11.5 Å². The fourth-order valence-electron chi connectivity index (χ4n) is 2.12. The molecule has 0 spiro atoms. The van der Waals surface area contributed by atoms with Crippen LogP contribution in [0.2, 0.25) is 0 Å². The van der Waals surface area contributed by atoms with Gasteiger partial charge in [-0.3, -0.25) is 4.90 Å². The number of oxazole rings is 1. The molecule has 19 heavy (non-hydrogen) atoms. The van der Waals surface area contributed by atoms with Crippen LogP contribution in [-0.2, 0) is 11.2 Å². The van der Waals surface area contributed by atoms with E-state index < -0.39 is 0 Å². The lowest BCUT2D eigenvalue weighted by Crippen LogP contribution is -2.36. The zero-order valence-corrected chi connectivity index (χ0v) is 11.1. The molecule has 1 aliphatic heterocycles. The predicted molar refractivity (Wildman–Crippen MR) is 70.9 cm³/mol. The van der Waals surface area contributed by atoms with Crippen molar-refractivity contribution in [1.29, 1.82) is 0 Å².